The van der Waals surface area contributed by atoms with Crippen molar-refractivity contribution in [2.45, 2.75) is 38.3 Å². The van der Waals surface area contributed by atoms with E-state index in [-0.39, 0.29) is 0 Å². The van der Waals surface area contributed by atoms with Crippen LogP contribution in [0.4, 0.5) is 0 Å². The summed E-state index contributed by atoms with van der Waals surface area (Å²) in [4.78, 5) is 2.56. The number of nitrogens with zero attached hydrogens (tertiary/aromatic N) is 1. The minimum Gasteiger partial charge on any atom is -0.377 e. The van der Waals surface area contributed by atoms with Gasteiger partial charge in [-0.25, -0.2) is 0 Å². The summed E-state index contributed by atoms with van der Waals surface area (Å²) in [5.74, 6) is 0. The molecule has 2 heterocycles. The van der Waals surface area contributed by atoms with Gasteiger partial charge < -0.3 is 10.1 Å². The molecule has 0 radical (unpaired) electrons. The minimum atomic E-state index is 0.519. The van der Waals surface area contributed by atoms with Crippen molar-refractivity contribution in [3.05, 3.63) is 0 Å². The molecule has 82 valence electrons. The molecule has 0 spiro atoms. The molecule has 2 saturated heterocycles. The molecule has 2 rings (SSSR count). The van der Waals surface area contributed by atoms with Crippen molar-refractivity contribution < 1.29 is 4.74 Å². The Morgan fingerprint density at radius 3 is 3.14 bits per heavy atom. The third-order valence-electron chi connectivity index (χ3n) is 3.32. The molecule has 0 aromatic heterocycles. The molecule has 2 aliphatic heterocycles. The Hall–Kier alpha value is -0.120. The zero-order valence-electron chi connectivity index (χ0n) is 9.17. The molecule has 3 nitrogen and oxygen atoms in total. The first kappa shape index (κ1) is 10.4. The molecule has 2 aliphatic rings. The quantitative estimate of drug-likeness (QED) is 0.727. The first-order valence-corrected chi connectivity index (χ1v) is 5.96. The lowest BCUT2D eigenvalue weighted by Gasteiger charge is -2.34. The highest BCUT2D eigenvalue weighted by Crippen LogP contribution is 2.14. The van der Waals surface area contributed by atoms with Crippen molar-refractivity contribution in [2.24, 2.45) is 0 Å². The van der Waals surface area contributed by atoms with Crippen LogP contribution in [0.5, 0.6) is 0 Å². The number of rotatable bonds is 3. The maximum atomic E-state index is 5.66. The molecule has 1 N–H and O–H groups in total. The topological polar surface area (TPSA) is 24.5 Å². The highest BCUT2D eigenvalue weighted by Gasteiger charge is 2.23. The Balaban J connectivity index is 1.73. The van der Waals surface area contributed by atoms with Gasteiger partial charge >= 0.3 is 0 Å². The standard InChI is InChI=1S/C11H22N2O/c1-2-10-8-13(6-5-12-10)9-11-4-3-7-14-11/h10-12H,2-9H2,1H3. The van der Waals surface area contributed by atoms with Crippen LogP contribution in [0, 0.1) is 0 Å². The molecule has 0 saturated carbocycles. The van der Waals surface area contributed by atoms with Crippen LogP contribution in [0.15, 0.2) is 0 Å². The lowest BCUT2D eigenvalue weighted by Crippen LogP contribution is -2.52. The number of ether oxygens (including phenoxy) is 1. The van der Waals surface area contributed by atoms with Crippen LogP contribution in [0.2, 0.25) is 0 Å². The summed E-state index contributed by atoms with van der Waals surface area (Å²) in [5.41, 5.74) is 0. The minimum absolute atomic E-state index is 0.519. The van der Waals surface area contributed by atoms with E-state index in [0.29, 0.717) is 12.1 Å². The van der Waals surface area contributed by atoms with Crippen molar-refractivity contribution in [1.29, 1.82) is 0 Å². The van der Waals surface area contributed by atoms with E-state index in [1.165, 1.54) is 32.4 Å². The van der Waals surface area contributed by atoms with Gasteiger partial charge in [0.2, 0.25) is 0 Å². The van der Waals surface area contributed by atoms with Gasteiger partial charge in [0.05, 0.1) is 6.10 Å². The van der Waals surface area contributed by atoms with Gasteiger partial charge in [-0.15, -0.1) is 0 Å². The summed E-state index contributed by atoms with van der Waals surface area (Å²) in [7, 11) is 0. The van der Waals surface area contributed by atoms with E-state index < -0.39 is 0 Å². The summed E-state index contributed by atoms with van der Waals surface area (Å²) in [6, 6.07) is 0.699. The van der Waals surface area contributed by atoms with Gasteiger partial charge in [0.1, 0.15) is 0 Å². The molecule has 0 aromatic carbocycles. The van der Waals surface area contributed by atoms with Gasteiger partial charge in [-0.2, -0.15) is 0 Å². The average molecular weight is 198 g/mol. The third-order valence-corrected chi connectivity index (χ3v) is 3.32. The highest BCUT2D eigenvalue weighted by molar-refractivity contribution is 4.80. The first-order valence-electron chi connectivity index (χ1n) is 5.96. The number of hydrogen-bond acceptors (Lipinski definition) is 3. The van der Waals surface area contributed by atoms with Crippen molar-refractivity contribution in [1.82, 2.24) is 10.2 Å². The van der Waals surface area contributed by atoms with E-state index in [1.807, 2.05) is 0 Å². The highest BCUT2D eigenvalue weighted by atomic mass is 16.5. The molecule has 3 heteroatoms. The van der Waals surface area contributed by atoms with Gasteiger partial charge in [0.25, 0.3) is 0 Å². The molecular weight excluding hydrogens is 176 g/mol. The van der Waals surface area contributed by atoms with Crippen LogP contribution in [0.1, 0.15) is 26.2 Å². The zero-order valence-corrected chi connectivity index (χ0v) is 9.17. The third kappa shape index (κ3) is 2.69. The SMILES string of the molecule is CCC1CN(CC2CCCO2)CCN1. The molecular formula is C11H22N2O. The van der Waals surface area contributed by atoms with E-state index >= 15 is 0 Å². The van der Waals surface area contributed by atoms with Crippen molar-refractivity contribution in [3.8, 4) is 0 Å². The smallest absolute Gasteiger partial charge is 0.0702 e. The Kier molecular flexibility index (Phi) is 3.79. The van der Waals surface area contributed by atoms with Gasteiger partial charge in [0.15, 0.2) is 0 Å². The van der Waals surface area contributed by atoms with E-state index in [1.54, 1.807) is 0 Å². The fourth-order valence-corrected chi connectivity index (χ4v) is 2.41. The van der Waals surface area contributed by atoms with E-state index in [9.17, 15) is 0 Å². The molecule has 2 unspecified atom stereocenters. The first-order chi connectivity index (χ1) is 6.88. The molecule has 0 aliphatic carbocycles. The summed E-state index contributed by atoms with van der Waals surface area (Å²) in [5, 5.41) is 3.54. The van der Waals surface area contributed by atoms with Crippen LogP contribution in [-0.4, -0.2) is 49.8 Å². The van der Waals surface area contributed by atoms with Crippen LogP contribution in [0.25, 0.3) is 0 Å². The second kappa shape index (κ2) is 5.10. The largest absolute Gasteiger partial charge is 0.377 e. The predicted octanol–water partition coefficient (Wildman–Crippen LogP) is 0.849. The molecule has 2 atom stereocenters. The van der Waals surface area contributed by atoms with E-state index in [2.05, 4.69) is 17.1 Å². The molecule has 0 bridgehead atoms. The Bertz CT molecular complexity index is 169. The van der Waals surface area contributed by atoms with Gasteiger partial charge in [-0.3, -0.25) is 4.90 Å². The van der Waals surface area contributed by atoms with E-state index in [0.717, 1.165) is 19.7 Å². The van der Waals surface area contributed by atoms with Crippen molar-refractivity contribution in [3.63, 3.8) is 0 Å². The van der Waals surface area contributed by atoms with Crippen molar-refractivity contribution in [2.75, 3.05) is 32.8 Å². The molecule has 2 fully saturated rings. The van der Waals surface area contributed by atoms with Gasteiger partial charge in [-0.05, 0) is 19.3 Å². The van der Waals surface area contributed by atoms with Crippen LogP contribution in [-0.2, 0) is 4.74 Å². The zero-order chi connectivity index (χ0) is 9.80. The van der Waals surface area contributed by atoms with Gasteiger partial charge in [-0.1, -0.05) is 6.92 Å². The lowest BCUT2D eigenvalue weighted by molar-refractivity contribution is 0.0623. The molecule has 0 aromatic rings. The summed E-state index contributed by atoms with van der Waals surface area (Å²) < 4.78 is 5.66. The number of hydrogen-bond donors (Lipinski definition) is 1. The second-order valence-electron chi connectivity index (χ2n) is 4.45. The monoisotopic (exact) mass is 198 g/mol. The fraction of sp³-hybridized carbons (Fsp3) is 1.00. The van der Waals surface area contributed by atoms with Crippen LogP contribution >= 0.6 is 0 Å². The molecule has 0 amide bonds. The van der Waals surface area contributed by atoms with Gasteiger partial charge in [0, 0.05) is 38.8 Å². The summed E-state index contributed by atoms with van der Waals surface area (Å²) >= 11 is 0. The summed E-state index contributed by atoms with van der Waals surface area (Å²) in [6.45, 7) is 7.93. The van der Waals surface area contributed by atoms with Crippen LogP contribution < -0.4 is 5.32 Å². The Labute approximate surface area is 86.8 Å². The molecule has 14 heavy (non-hydrogen) atoms. The second-order valence-corrected chi connectivity index (χ2v) is 4.45. The Morgan fingerprint density at radius 2 is 2.43 bits per heavy atom. The Morgan fingerprint density at radius 1 is 1.50 bits per heavy atom. The predicted molar refractivity (Wildman–Crippen MR) is 57.5 cm³/mol. The number of nitrogens with one attached hydrogen (secondary N) is 1. The maximum absolute atomic E-state index is 5.66. The lowest BCUT2D eigenvalue weighted by atomic mass is 10.1. The van der Waals surface area contributed by atoms with Crippen molar-refractivity contribution >= 4 is 0 Å². The normalized spacial score (nSPS) is 34.9. The average Bonchev–Trinajstić information content (AvgIpc) is 2.71. The fourth-order valence-electron chi connectivity index (χ4n) is 2.41. The van der Waals surface area contributed by atoms with E-state index in [4.69, 9.17) is 4.74 Å². The summed E-state index contributed by atoms with van der Waals surface area (Å²) in [6.07, 6.45) is 4.28. The maximum Gasteiger partial charge on any atom is 0.0702 e. The van der Waals surface area contributed by atoms with Crippen LogP contribution in [0.3, 0.4) is 0 Å². The number of piperazine rings is 1.